The number of likely N-dealkylation sites (tertiary alicyclic amines) is 1. The van der Waals surface area contributed by atoms with Crippen LogP contribution < -0.4 is 5.32 Å². The average molecular weight is 228 g/mol. The Kier molecular flexibility index (Phi) is 4.15. The van der Waals surface area contributed by atoms with Crippen LogP contribution in [-0.4, -0.2) is 60.9 Å². The lowest BCUT2D eigenvalue weighted by Crippen LogP contribution is -2.43. The fourth-order valence-corrected chi connectivity index (χ4v) is 2.27. The van der Waals surface area contributed by atoms with E-state index in [0.717, 1.165) is 39.0 Å². The number of aliphatic hydroxyl groups excluding tert-OH is 1. The second-order valence-corrected chi connectivity index (χ2v) is 4.63. The molecule has 0 unspecified atom stereocenters. The van der Waals surface area contributed by atoms with Gasteiger partial charge in [0.05, 0.1) is 12.6 Å². The highest BCUT2D eigenvalue weighted by atomic mass is 16.5. The number of hydrogen-bond donors (Lipinski definition) is 2. The number of carbonyl (C=O) groups is 1. The number of aliphatic hydroxyl groups is 1. The van der Waals surface area contributed by atoms with Gasteiger partial charge in [0.1, 0.15) is 0 Å². The highest BCUT2D eigenvalue weighted by molar-refractivity contribution is 5.78. The number of nitrogens with one attached hydrogen (secondary N) is 1. The molecule has 1 atom stereocenters. The van der Waals surface area contributed by atoms with E-state index < -0.39 is 0 Å². The molecular formula is C11H20N2O3. The third-order valence-electron chi connectivity index (χ3n) is 3.20. The van der Waals surface area contributed by atoms with Crippen LogP contribution in [0.4, 0.5) is 0 Å². The number of hydrogen-bond acceptors (Lipinski definition) is 4. The normalized spacial score (nSPS) is 28.2. The summed E-state index contributed by atoms with van der Waals surface area (Å²) >= 11 is 0. The van der Waals surface area contributed by atoms with Crippen LogP contribution in [-0.2, 0) is 9.53 Å². The first-order valence-corrected chi connectivity index (χ1v) is 6.01. The molecule has 2 fully saturated rings. The molecule has 2 aliphatic heterocycles. The van der Waals surface area contributed by atoms with Gasteiger partial charge < -0.3 is 15.2 Å². The largest absolute Gasteiger partial charge is 0.392 e. The molecule has 2 saturated heterocycles. The molecule has 0 radical (unpaired) electrons. The summed E-state index contributed by atoms with van der Waals surface area (Å²) in [5.74, 6) is 0.0704. The number of rotatable bonds is 3. The SMILES string of the molecule is O=C(CN1CC[C@@H](O)C1)NC1CCOCC1. The average Bonchev–Trinajstić information content (AvgIpc) is 2.65. The van der Waals surface area contributed by atoms with Crippen molar-refractivity contribution in [2.75, 3.05) is 32.8 Å². The van der Waals surface area contributed by atoms with Crippen LogP contribution in [0.25, 0.3) is 0 Å². The molecule has 0 aromatic rings. The van der Waals surface area contributed by atoms with Gasteiger partial charge in [-0.05, 0) is 19.3 Å². The predicted octanol–water partition coefficient (Wildman–Crippen LogP) is -0.652. The molecule has 2 aliphatic rings. The molecule has 0 bridgehead atoms. The second kappa shape index (κ2) is 5.61. The van der Waals surface area contributed by atoms with Crippen LogP contribution in [0.2, 0.25) is 0 Å². The van der Waals surface area contributed by atoms with Crippen molar-refractivity contribution in [1.82, 2.24) is 10.2 Å². The van der Waals surface area contributed by atoms with Gasteiger partial charge in [-0.1, -0.05) is 0 Å². The molecule has 2 N–H and O–H groups in total. The van der Waals surface area contributed by atoms with Gasteiger partial charge in [-0.3, -0.25) is 9.69 Å². The van der Waals surface area contributed by atoms with Gasteiger partial charge in [0, 0.05) is 32.3 Å². The van der Waals surface area contributed by atoms with Gasteiger partial charge in [0.2, 0.25) is 5.91 Å². The maximum absolute atomic E-state index is 11.7. The summed E-state index contributed by atoms with van der Waals surface area (Å²) in [6.07, 6.45) is 2.35. The van der Waals surface area contributed by atoms with Gasteiger partial charge in [0.15, 0.2) is 0 Å². The summed E-state index contributed by atoms with van der Waals surface area (Å²) in [4.78, 5) is 13.7. The minimum absolute atomic E-state index is 0.0704. The summed E-state index contributed by atoms with van der Waals surface area (Å²) in [6, 6.07) is 0.272. The van der Waals surface area contributed by atoms with Crippen LogP contribution in [0.15, 0.2) is 0 Å². The molecule has 0 aromatic heterocycles. The number of β-amino-alcohol motifs (C(OH)–C–C–N with tert-alkyl or cyclic N) is 1. The molecule has 1 amide bonds. The fourth-order valence-electron chi connectivity index (χ4n) is 2.27. The second-order valence-electron chi connectivity index (χ2n) is 4.63. The van der Waals surface area contributed by atoms with Crippen LogP contribution in [0.3, 0.4) is 0 Å². The van der Waals surface area contributed by atoms with Gasteiger partial charge in [0.25, 0.3) is 0 Å². The third kappa shape index (κ3) is 3.43. The highest BCUT2D eigenvalue weighted by Gasteiger charge is 2.23. The molecule has 0 aliphatic carbocycles. The van der Waals surface area contributed by atoms with Crippen molar-refractivity contribution in [3.8, 4) is 0 Å². The first-order chi connectivity index (χ1) is 7.74. The Labute approximate surface area is 95.8 Å². The summed E-state index contributed by atoms with van der Waals surface area (Å²) in [5, 5.41) is 12.4. The zero-order valence-electron chi connectivity index (χ0n) is 9.52. The summed E-state index contributed by atoms with van der Waals surface area (Å²) in [5.41, 5.74) is 0. The van der Waals surface area contributed by atoms with Crippen LogP contribution in [0, 0.1) is 0 Å². The van der Waals surface area contributed by atoms with E-state index in [0.29, 0.717) is 13.1 Å². The van der Waals surface area contributed by atoms with E-state index >= 15 is 0 Å². The molecule has 5 nitrogen and oxygen atoms in total. The Morgan fingerprint density at radius 1 is 1.38 bits per heavy atom. The summed E-state index contributed by atoms with van der Waals surface area (Å²) < 4.78 is 5.23. The molecule has 92 valence electrons. The lowest BCUT2D eigenvalue weighted by Gasteiger charge is -2.24. The van der Waals surface area contributed by atoms with Crippen molar-refractivity contribution >= 4 is 5.91 Å². The first kappa shape index (κ1) is 11.8. The lowest BCUT2D eigenvalue weighted by atomic mass is 10.1. The van der Waals surface area contributed by atoms with Crippen LogP contribution in [0.1, 0.15) is 19.3 Å². The molecule has 5 heteroatoms. The van der Waals surface area contributed by atoms with Crippen molar-refractivity contribution in [2.24, 2.45) is 0 Å². The molecule has 2 rings (SSSR count). The Balaban J connectivity index is 1.67. The standard InChI is InChI=1S/C11H20N2O3/c14-10-1-4-13(7-10)8-11(15)12-9-2-5-16-6-3-9/h9-10,14H,1-8H2,(H,12,15)/t10-/m1/s1. The number of nitrogens with zero attached hydrogens (tertiary/aromatic N) is 1. The number of amides is 1. The van der Waals surface area contributed by atoms with Crippen molar-refractivity contribution in [1.29, 1.82) is 0 Å². The Morgan fingerprint density at radius 2 is 2.12 bits per heavy atom. The summed E-state index contributed by atoms with van der Waals surface area (Å²) in [6.45, 7) is 3.35. The van der Waals surface area contributed by atoms with Gasteiger partial charge in [-0.25, -0.2) is 0 Å². The van der Waals surface area contributed by atoms with Crippen LogP contribution >= 0.6 is 0 Å². The molecule has 0 spiro atoms. The number of ether oxygens (including phenoxy) is 1. The minimum atomic E-state index is -0.254. The van der Waals surface area contributed by atoms with E-state index in [1.807, 2.05) is 4.90 Å². The predicted molar refractivity (Wildman–Crippen MR) is 59.0 cm³/mol. The van der Waals surface area contributed by atoms with E-state index in [1.54, 1.807) is 0 Å². The smallest absolute Gasteiger partial charge is 0.234 e. The van der Waals surface area contributed by atoms with E-state index in [2.05, 4.69) is 5.32 Å². The maximum atomic E-state index is 11.7. The van der Waals surface area contributed by atoms with E-state index in [9.17, 15) is 9.90 Å². The number of carbonyl (C=O) groups excluding carboxylic acids is 1. The lowest BCUT2D eigenvalue weighted by molar-refractivity contribution is -0.123. The Bertz CT molecular complexity index is 233. The van der Waals surface area contributed by atoms with Gasteiger partial charge in [-0.2, -0.15) is 0 Å². The van der Waals surface area contributed by atoms with Crippen molar-refractivity contribution in [2.45, 2.75) is 31.4 Å². The Hall–Kier alpha value is -0.650. The topological polar surface area (TPSA) is 61.8 Å². The van der Waals surface area contributed by atoms with Crippen molar-refractivity contribution in [3.63, 3.8) is 0 Å². The van der Waals surface area contributed by atoms with Crippen LogP contribution in [0.5, 0.6) is 0 Å². The van der Waals surface area contributed by atoms with E-state index in [4.69, 9.17) is 4.74 Å². The van der Waals surface area contributed by atoms with Crippen molar-refractivity contribution < 1.29 is 14.6 Å². The van der Waals surface area contributed by atoms with E-state index in [1.165, 1.54) is 0 Å². The minimum Gasteiger partial charge on any atom is -0.392 e. The fraction of sp³-hybridized carbons (Fsp3) is 0.909. The van der Waals surface area contributed by atoms with Gasteiger partial charge in [-0.15, -0.1) is 0 Å². The molecule has 16 heavy (non-hydrogen) atoms. The molecular weight excluding hydrogens is 208 g/mol. The quantitative estimate of drug-likeness (QED) is 0.674. The zero-order chi connectivity index (χ0) is 11.4. The molecule has 0 aromatic carbocycles. The van der Waals surface area contributed by atoms with Crippen molar-refractivity contribution in [3.05, 3.63) is 0 Å². The highest BCUT2D eigenvalue weighted by Crippen LogP contribution is 2.09. The third-order valence-corrected chi connectivity index (χ3v) is 3.20. The monoisotopic (exact) mass is 228 g/mol. The summed E-state index contributed by atoms with van der Waals surface area (Å²) in [7, 11) is 0. The van der Waals surface area contributed by atoms with Gasteiger partial charge >= 0.3 is 0 Å². The zero-order valence-corrected chi connectivity index (χ0v) is 9.52. The van der Waals surface area contributed by atoms with E-state index in [-0.39, 0.29) is 18.1 Å². The first-order valence-electron chi connectivity index (χ1n) is 6.01. The maximum Gasteiger partial charge on any atom is 0.234 e. The molecule has 2 heterocycles. The molecule has 0 saturated carbocycles. The Morgan fingerprint density at radius 3 is 2.75 bits per heavy atom.